The summed E-state index contributed by atoms with van der Waals surface area (Å²) in [4.78, 5) is 7.15. The third-order valence-electron chi connectivity index (χ3n) is 6.98. The number of unbranched alkanes of at least 4 members (excludes halogenated alkanes) is 2. The van der Waals surface area contributed by atoms with Crippen molar-refractivity contribution in [3.05, 3.63) is 107 Å². The van der Waals surface area contributed by atoms with E-state index in [2.05, 4.69) is 65.3 Å². The summed E-state index contributed by atoms with van der Waals surface area (Å²) in [5, 5.41) is 13.0. The lowest BCUT2D eigenvalue weighted by atomic mass is 9.96. The SMILES string of the molecule is CN=C(c1ccc(O)cc1)c1cc(Cl)ccc1N(CCCCCN)CC(C)Cc1ccc2ccccc2c1. The standard InChI is InChI=1S/C33H38ClN3O/c1-24(20-25-10-11-26-8-4-5-9-28(26)21-25)23-37(19-7-3-6-18-35)32-17-14-29(34)22-31(32)33(36-2)27-12-15-30(38)16-13-27/h4-5,8-17,21-22,24,38H,3,6-7,18-20,23,35H2,1-2H3. The number of aromatic hydroxyl groups is 1. The monoisotopic (exact) mass is 527 g/mol. The molecular weight excluding hydrogens is 490 g/mol. The van der Waals surface area contributed by atoms with Crippen LogP contribution in [0.25, 0.3) is 10.8 Å². The molecule has 0 aliphatic heterocycles. The van der Waals surface area contributed by atoms with Crippen LogP contribution in [0.2, 0.25) is 5.02 Å². The van der Waals surface area contributed by atoms with Gasteiger partial charge in [0.1, 0.15) is 5.75 Å². The number of halogens is 1. The number of fused-ring (bicyclic) bond motifs is 1. The fourth-order valence-electron chi connectivity index (χ4n) is 5.14. The van der Waals surface area contributed by atoms with Gasteiger partial charge in [0.05, 0.1) is 5.71 Å². The Kier molecular flexibility index (Phi) is 9.80. The van der Waals surface area contributed by atoms with Crippen molar-refractivity contribution in [2.45, 2.75) is 32.6 Å². The van der Waals surface area contributed by atoms with Crippen molar-refractivity contribution >= 4 is 33.8 Å². The molecule has 4 rings (SSSR count). The van der Waals surface area contributed by atoms with Crippen molar-refractivity contribution in [2.24, 2.45) is 16.6 Å². The van der Waals surface area contributed by atoms with Crippen LogP contribution in [0, 0.1) is 5.92 Å². The number of phenols is 1. The minimum Gasteiger partial charge on any atom is -0.508 e. The van der Waals surface area contributed by atoms with E-state index in [0.29, 0.717) is 10.9 Å². The molecule has 5 heteroatoms. The highest BCUT2D eigenvalue weighted by Crippen LogP contribution is 2.30. The number of hydrogen-bond acceptors (Lipinski definition) is 4. The first-order valence-electron chi connectivity index (χ1n) is 13.5. The minimum atomic E-state index is 0.236. The smallest absolute Gasteiger partial charge is 0.115 e. The molecule has 1 unspecified atom stereocenters. The second-order valence-corrected chi connectivity index (χ2v) is 10.5. The Balaban J connectivity index is 1.62. The van der Waals surface area contributed by atoms with Crippen molar-refractivity contribution in [2.75, 3.05) is 31.6 Å². The van der Waals surface area contributed by atoms with E-state index in [1.807, 2.05) is 24.3 Å². The van der Waals surface area contributed by atoms with Crippen LogP contribution in [0.3, 0.4) is 0 Å². The van der Waals surface area contributed by atoms with E-state index >= 15 is 0 Å². The van der Waals surface area contributed by atoms with Crippen molar-refractivity contribution in [1.82, 2.24) is 0 Å². The Labute approximate surface area is 231 Å². The lowest BCUT2D eigenvalue weighted by Gasteiger charge is -2.31. The molecule has 38 heavy (non-hydrogen) atoms. The maximum Gasteiger partial charge on any atom is 0.115 e. The summed E-state index contributed by atoms with van der Waals surface area (Å²) in [7, 11) is 1.81. The van der Waals surface area contributed by atoms with Crippen LogP contribution in [0.15, 0.2) is 89.9 Å². The Morgan fingerprint density at radius 3 is 2.42 bits per heavy atom. The van der Waals surface area contributed by atoms with E-state index in [0.717, 1.165) is 67.8 Å². The summed E-state index contributed by atoms with van der Waals surface area (Å²) in [6.07, 6.45) is 4.20. The largest absolute Gasteiger partial charge is 0.508 e. The van der Waals surface area contributed by atoms with Gasteiger partial charge in [-0.15, -0.1) is 0 Å². The molecule has 4 aromatic rings. The number of phenolic OH excluding ortho intramolecular Hbond substituents is 1. The summed E-state index contributed by atoms with van der Waals surface area (Å²) in [6, 6.07) is 28.6. The lowest BCUT2D eigenvalue weighted by Crippen LogP contribution is -2.32. The first-order chi connectivity index (χ1) is 18.5. The second-order valence-electron chi connectivity index (χ2n) is 10.1. The van der Waals surface area contributed by atoms with Gasteiger partial charge in [-0.3, -0.25) is 4.99 Å². The molecule has 0 aliphatic rings. The fraction of sp³-hybridized carbons (Fsp3) is 0.303. The highest BCUT2D eigenvalue weighted by molar-refractivity contribution is 6.31. The van der Waals surface area contributed by atoms with Crippen LogP contribution in [0.1, 0.15) is 42.9 Å². The molecule has 0 fully saturated rings. The van der Waals surface area contributed by atoms with Gasteiger partial charge in [-0.25, -0.2) is 0 Å². The summed E-state index contributed by atoms with van der Waals surface area (Å²) >= 11 is 6.51. The van der Waals surface area contributed by atoms with Crippen molar-refractivity contribution in [3.8, 4) is 5.75 Å². The predicted octanol–water partition coefficient (Wildman–Crippen LogP) is 7.48. The Hall–Kier alpha value is -3.34. The molecule has 0 heterocycles. The molecule has 0 bridgehead atoms. The van der Waals surface area contributed by atoms with E-state index in [9.17, 15) is 5.11 Å². The molecule has 0 amide bonds. The third-order valence-corrected chi connectivity index (χ3v) is 7.22. The number of benzene rings is 4. The molecule has 4 aromatic carbocycles. The number of aliphatic imine (C=N–C) groups is 1. The van der Waals surface area contributed by atoms with Crippen LogP contribution >= 0.6 is 11.6 Å². The molecule has 0 aromatic heterocycles. The zero-order valence-electron chi connectivity index (χ0n) is 22.4. The van der Waals surface area contributed by atoms with Crippen molar-refractivity contribution < 1.29 is 5.11 Å². The second kappa shape index (κ2) is 13.5. The van der Waals surface area contributed by atoms with Crippen molar-refractivity contribution in [3.63, 3.8) is 0 Å². The molecule has 0 saturated heterocycles. The van der Waals surface area contributed by atoms with Gasteiger partial charge in [0, 0.05) is 42.0 Å². The van der Waals surface area contributed by atoms with Gasteiger partial charge in [0.25, 0.3) is 0 Å². The van der Waals surface area contributed by atoms with E-state index in [1.165, 1.54) is 16.3 Å². The van der Waals surface area contributed by atoms with E-state index in [-0.39, 0.29) is 5.75 Å². The Bertz CT molecular complexity index is 1370. The van der Waals surface area contributed by atoms with Gasteiger partial charge in [-0.05, 0) is 90.5 Å². The van der Waals surface area contributed by atoms with E-state index < -0.39 is 0 Å². The molecule has 1 atom stereocenters. The predicted molar refractivity (Wildman–Crippen MR) is 163 cm³/mol. The first-order valence-corrected chi connectivity index (χ1v) is 13.8. The zero-order chi connectivity index (χ0) is 26.9. The first kappa shape index (κ1) is 27.7. The summed E-state index contributed by atoms with van der Waals surface area (Å²) < 4.78 is 0. The van der Waals surface area contributed by atoms with Crippen LogP contribution < -0.4 is 10.6 Å². The zero-order valence-corrected chi connectivity index (χ0v) is 23.2. The Morgan fingerprint density at radius 1 is 0.921 bits per heavy atom. The minimum absolute atomic E-state index is 0.236. The molecule has 0 radical (unpaired) electrons. The lowest BCUT2D eigenvalue weighted by molar-refractivity contribution is 0.475. The number of hydrogen-bond donors (Lipinski definition) is 2. The van der Waals surface area contributed by atoms with Gasteiger partial charge in [0.2, 0.25) is 0 Å². The van der Waals surface area contributed by atoms with Crippen LogP contribution in [-0.4, -0.2) is 37.5 Å². The highest BCUT2D eigenvalue weighted by atomic mass is 35.5. The quantitative estimate of drug-likeness (QED) is 0.148. The average Bonchev–Trinajstić information content (AvgIpc) is 2.92. The molecular formula is C33H38ClN3O. The fourth-order valence-corrected chi connectivity index (χ4v) is 5.31. The third kappa shape index (κ3) is 7.15. The molecule has 0 spiro atoms. The normalized spacial score (nSPS) is 12.6. The molecule has 3 N–H and O–H groups in total. The molecule has 198 valence electrons. The van der Waals surface area contributed by atoms with Crippen molar-refractivity contribution in [1.29, 1.82) is 0 Å². The number of nitrogens with zero attached hydrogens (tertiary/aromatic N) is 2. The van der Waals surface area contributed by atoms with Crippen LogP contribution in [0.4, 0.5) is 5.69 Å². The number of rotatable bonds is 12. The summed E-state index contributed by atoms with van der Waals surface area (Å²) in [5.41, 5.74) is 11.1. The Morgan fingerprint density at radius 2 is 1.68 bits per heavy atom. The van der Waals surface area contributed by atoms with Gasteiger partial charge in [-0.1, -0.05) is 67.4 Å². The molecule has 4 nitrogen and oxygen atoms in total. The molecule has 0 aliphatic carbocycles. The maximum absolute atomic E-state index is 9.81. The topological polar surface area (TPSA) is 61.9 Å². The maximum atomic E-state index is 9.81. The van der Waals surface area contributed by atoms with Gasteiger partial charge >= 0.3 is 0 Å². The molecule has 0 saturated carbocycles. The summed E-state index contributed by atoms with van der Waals surface area (Å²) in [5.74, 6) is 0.671. The van der Waals surface area contributed by atoms with Gasteiger partial charge in [0.15, 0.2) is 0 Å². The van der Waals surface area contributed by atoms with E-state index in [4.69, 9.17) is 17.3 Å². The van der Waals surface area contributed by atoms with Gasteiger partial charge in [-0.2, -0.15) is 0 Å². The highest BCUT2D eigenvalue weighted by Gasteiger charge is 2.19. The van der Waals surface area contributed by atoms with Crippen LogP contribution in [0.5, 0.6) is 5.75 Å². The number of anilines is 1. The average molecular weight is 528 g/mol. The summed E-state index contributed by atoms with van der Waals surface area (Å²) in [6.45, 7) is 4.89. The van der Waals surface area contributed by atoms with Crippen LogP contribution in [-0.2, 0) is 6.42 Å². The van der Waals surface area contributed by atoms with E-state index in [1.54, 1.807) is 19.2 Å². The van der Waals surface area contributed by atoms with Gasteiger partial charge < -0.3 is 15.7 Å². The number of nitrogens with two attached hydrogens (primary N) is 1.